The molecule has 4 rings (SSSR count). The van der Waals surface area contributed by atoms with Crippen molar-refractivity contribution in [3.05, 3.63) is 78.0 Å². The van der Waals surface area contributed by atoms with E-state index in [9.17, 15) is 9.59 Å². The lowest BCUT2D eigenvalue weighted by Crippen LogP contribution is -2.13. The first-order valence-electron chi connectivity index (χ1n) is 8.42. The Labute approximate surface area is 155 Å². The molecule has 2 heterocycles. The summed E-state index contributed by atoms with van der Waals surface area (Å²) in [4.78, 5) is 32.4. The van der Waals surface area contributed by atoms with Gasteiger partial charge in [0, 0.05) is 29.1 Å². The highest BCUT2D eigenvalue weighted by Crippen LogP contribution is 2.33. The van der Waals surface area contributed by atoms with Gasteiger partial charge < -0.3 is 11.1 Å². The molecule has 2 amide bonds. The number of carbonyl (C=O) groups is 2. The normalized spacial score (nSPS) is 15.6. The molecule has 0 bridgehead atoms. The van der Waals surface area contributed by atoms with Crippen molar-refractivity contribution in [3.8, 4) is 11.1 Å². The molecule has 132 valence electrons. The molecule has 6 heteroatoms. The maximum absolute atomic E-state index is 12.4. The molecule has 27 heavy (non-hydrogen) atoms. The van der Waals surface area contributed by atoms with E-state index < -0.39 is 11.8 Å². The summed E-state index contributed by atoms with van der Waals surface area (Å²) < 4.78 is 0. The number of aromatic nitrogens is 1. The van der Waals surface area contributed by atoms with Crippen LogP contribution in [0.25, 0.3) is 11.1 Å². The van der Waals surface area contributed by atoms with Gasteiger partial charge in [0.05, 0.1) is 5.69 Å². The average molecular weight is 356 g/mol. The van der Waals surface area contributed by atoms with Crippen molar-refractivity contribution in [2.75, 3.05) is 5.32 Å². The molecular formula is C21H16N4O2. The highest BCUT2D eigenvalue weighted by molar-refractivity contribution is 6.12. The van der Waals surface area contributed by atoms with Gasteiger partial charge in [0.15, 0.2) is 0 Å². The number of hydrogen-bond acceptors (Lipinski definition) is 4. The molecular weight excluding hydrogens is 340 g/mol. The summed E-state index contributed by atoms with van der Waals surface area (Å²) in [6, 6.07) is 18.4. The number of pyridine rings is 1. The van der Waals surface area contributed by atoms with Gasteiger partial charge in [-0.3, -0.25) is 14.6 Å². The Morgan fingerprint density at radius 3 is 2.67 bits per heavy atom. The zero-order valence-corrected chi connectivity index (χ0v) is 14.3. The third-order valence-electron chi connectivity index (χ3n) is 4.39. The maximum Gasteiger partial charge on any atom is 0.248 e. The lowest BCUT2D eigenvalue weighted by atomic mass is 9.99. The number of amides is 2. The summed E-state index contributed by atoms with van der Waals surface area (Å²) in [6.45, 7) is 0. The lowest BCUT2D eigenvalue weighted by Gasteiger charge is -2.06. The van der Waals surface area contributed by atoms with E-state index in [1.807, 2.05) is 36.4 Å². The molecule has 0 saturated heterocycles. The van der Waals surface area contributed by atoms with Gasteiger partial charge in [-0.2, -0.15) is 0 Å². The second kappa shape index (κ2) is 6.84. The van der Waals surface area contributed by atoms with Gasteiger partial charge in [0.25, 0.3) is 0 Å². The van der Waals surface area contributed by atoms with Crippen LogP contribution in [0.4, 0.5) is 11.5 Å². The Bertz CT molecular complexity index is 1060. The van der Waals surface area contributed by atoms with Crippen molar-refractivity contribution in [3.63, 3.8) is 0 Å². The van der Waals surface area contributed by atoms with Crippen LogP contribution in [0.2, 0.25) is 0 Å². The van der Waals surface area contributed by atoms with Gasteiger partial charge in [0.1, 0.15) is 11.7 Å². The monoisotopic (exact) mass is 356 g/mol. The number of carbonyl (C=O) groups excluding carboxylic acids is 2. The molecule has 1 atom stereocenters. The van der Waals surface area contributed by atoms with Crippen molar-refractivity contribution >= 4 is 29.5 Å². The second-order valence-corrected chi connectivity index (χ2v) is 6.19. The minimum absolute atomic E-state index is 0.183. The number of fused-ring (bicyclic) bond motifs is 1. The summed E-state index contributed by atoms with van der Waals surface area (Å²) in [5.41, 5.74) is 8.95. The van der Waals surface area contributed by atoms with Crippen LogP contribution in [0.15, 0.2) is 71.9 Å². The van der Waals surface area contributed by atoms with Gasteiger partial charge in [-0.1, -0.05) is 36.4 Å². The molecule has 6 nitrogen and oxygen atoms in total. The van der Waals surface area contributed by atoms with E-state index in [-0.39, 0.29) is 5.91 Å². The molecule has 2 aromatic carbocycles. The molecule has 3 aromatic rings. The number of benzene rings is 2. The lowest BCUT2D eigenvalue weighted by molar-refractivity contribution is -0.115. The van der Waals surface area contributed by atoms with Crippen LogP contribution in [-0.4, -0.2) is 23.0 Å². The SMILES string of the molecule is NC(=O)c1cccc(N=CC2C(=O)Nc3ncc(-c4ccccc4)cc32)c1. The van der Waals surface area contributed by atoms with Crippen LogP contribution >= 0.6 is 0 Å². The van der Waals surface area contributed by atoms with Gasteiger partial charge in [-0.05, 0) is 29.8 Å². The van der Waals surface area contributed by atoms with E-state index in [0.717, 1.165) is 16.7 Å². The number of nitrogens with zero attached hydrogens (tertiary/aromatic N) is 2. The third-order valence-corrected chi connectivity index (χ3v) is 4.39. The van der Waals surface area contributed by atoms with Gasteiger partial charge in [-0.25, -0.2) is 4.98 Å². The van der Waals surface area contributed by atoms with Crippen molar-refractivity contribution in [2.24, 2.45) is 10.7 Å². The summed E-state index contributed by atoms with van der Waals surface area (Å²) in [5, 5.41) is 2.78. The molecule has 1 aliphatic rings. The number of rotatable bonds is 4. The minimum atomic E-state index is -0.548. The molecule has 0 spiro atoms. The number of nitrogens with one attached hydrogen (secondary N) is 1. The highest BCUT2D eigenvalue weighted by Gasteiger charge is 2.30. The van der Waals surface area contributed by atoms with Crippen LogP contribution in [-0.2, 0) is 4.79 Å². The molecule has 1 aliphatic heterocycles. The van der Waals surface area contributed by atoms with E-state index in [1.165, 1.54) is 0 Å². The number of hydrogen-bond donors (Lipinski definition) is 2. The standard InChI is InChI=1S/C21H16N4O2/c22-19(26)14-7-4-8-16(9-14)23-12-18-17-10-15(13-5-2-1-3-6-13)11-24-20(17)25-21(18)27/h1-12,18H,(H2,22,26)(H,24,25,27). The molecule has 0 radical (unpaired) electrons. The van der Waals surface area contributed by atoms with Crippen molar-refractivity contribution in [2.45, 2.75) is 5.92 Å². The Morgan fingerprint density at radius 1 is 1.07 bits per heavy atom. The first-order valence-corrected chi connectivity index (χ1v) is 8.42. The van der Waals surface area contributed by atoms with E-state index in [1.54, 1.807) is 36.7 Å². The first-order chi connectivity index (χ1) is 13.1. The van der Waals surface area contributed by atoms with E-state index >= 15 is 0 Å². The van der Waals surface area contributed by atoms with Gasteiger partial charge in [-0.15, -0.1) is 0 Å². The van der Waals surface area contributed by atoms with Crippen LogP contribution in [0, 0.1) is 0 Å². The maximum atomic E-state index is 12.4. The predicted molar refractivity (Wildman–Crippen MR) is 104 cm³/mol. The van der Waals surface area contributed by atoms with E-state index in [4.69, 9.17) is 5.73 Å². The molecule has 0 fully saturated rings. The molecule has 1 aromatic heterocycles. The quantitative estimate of drug-likeness (QED) is 0.702. The summed E-state index contributed by atoms with van der Waals surface area (Å²) in [7, 11) is 0. The molecule has 0 saturated carbocycles. The molecule has 3 N–H and O–H groups in total. The van der Waals surface area contributed by atoms with Gasteiger partial charge in [0.2, 0.25) is 11.8 Å². The Hall–Kier alpha value is -3.80. The smallest absolute Gasteiger partial charge is 0.248 e. The fraction of sp³-hybridized carbons (Fsp3) is 0.0476. The van der Waals surface area contributed by atoms with Crippen LogP contribution in [0.5, 0.6) is 0 Å². The van der Waals surface area contributed by atoms with Crippen LogP contribution < -0.4 is 11.1 Å². The summed E-state index contributed by atoms with van der Waals surface area (Å²) in [6.07, 6.45) is 3.31. The number of aliphatic imine (C=N–C) groups is 1. The summed E-state index contributed by atoms with van der Waals surface area (Å²) in [5.74, 6) is -0.708. The number of anilines is 1. The largest absolute Gasteiger partial charge is 0.366 e. The van der Waals surface area contributed by atoms with Crippen LogP contribution in [0.3, 0.4) is 0 Å². The Morgan fingerprint density at radius 2 is 1.89 bits per heavy atom. The highest BCUT2D eigenvalue weighted by atomic mass is 16.2. The predicted octanol–water partition coefficient (Wildman–Crippen LogP) is 3.29. The summed E-state index contributed by atoms with van der Waals surface area (Å²) >= 11 is 0. The van der Waals surface area contributed by atoms with Gasteiger partial charge >= 0.3 is 0 Å². The fourth-order valence-electron chi connectivity index (χ4n) is 3.00. The van der Waals surface area contributed by atoms with Crippen LogP contribution in [0.1, 0.15) is 21.8 Å². The second-order valence-electron chi connectivity index (χ2n) is 6.19. The van der Waals surface area contributed by atoms with Crippen molar-refractivity contribution < 1.29 is 9.59 Å². The first kappa shape index (κ1) is 16.7. The third kappa shape index (κ3) is 3.32. The fourth-order valence-corrected chi connectivity index (χ4v) is 3.00. The minimum Gasteiger partial charge on any atom is -0.366 e. The Kier molecular flexibility index (Phi) is 4.22. The topological polar surface area (TPSA) is 97.4 Å². The zero-order valence-electron chi connectivity index (χ0n) is 14.3. The molecule has 0 aliphatic carbocycles. The van der Waals surface area contributed by atoms with Crippen molar-refractivity contribution in [1.29, 1.82) is 0 Å². The number of primary amides is 1. The Balaban J connectivity index is 1.66. The number of nitrogens with two attached hydrogens (primary N) is 1. The van der Waals surface area contributed by atoms with E-state index in [0.29, 0.717) is 17.1 Å². The average Bonchev–Trinajstić information content (AvgIpc) is 3.01. The van der Waals surface area contributed by atoms with E-state index in [2.05, 4.69) is 15.3 Å². The van der Waals surface area contributed by atoms with Crippen molar-refractivity contribution in [1.82, 2.24) is 4.98 Å². The zero-order chi connectivity index (χ0) is 18.8. The molecule has 1 unspecified atom stereocenters.